The van der Waals surface area contributed by atoms with Gasteiger partial charge in [-0.05, 0) is 99.5 Å². The molecule has 0 N–H and O–H groups in total. The number of hydrogen-bond acceptors (Lipinski definition) is 3. The van der Waals surface area contributed by atoms with Crippen LogP contribution in [0.2, 0.25) is 0 Å². The number of halogens is 6. The van der Waals surface area contributed by atoms with Gasteiger partial charge in [0, 0.05) is 16.7 Å². The second-order valence-corrected chi connectivity index (χ2v) is 11.8. The van der Waals surface area contributed by atoms with Crippen molar-refractivity contribution >= 4 is 11.5 Å². The van der Waals surface area contributed by atoms with Crippen LogP contribution in [0.25, 0.3) is 16.7 Å². The summed E-state index contributed by atoms with van der Waals surface area (Å²) >= 11 is 0. The van der Waals surface area contributed by atoms with Crippen molar-refractivity contribution < 1.29 is 40.6 Å². The lowest BCUT2D eigenvalue weighted by Crippen LogP contribution is -2.28. The molecule has 0 radical (unpaired) electrons. The molecule has 9 heteroatoms. The fraction of sp³-hybridized carbons (Fsp3) is 0.417. The molecule has 240 valence electrons. The summed E-state index contributed by atoms with van der Waals surface area (Å²) in [5, 5.41) is 0. The predicted octanol–water partition coefficient (Wildman–Crippen LogP) is 10.1. The average molecular weight is 631 g/mol. The van der Waals surface area contributed by atoms with Crippen molar-refractivity contribution in [3.8, 4) is 16.9 Å². The first-order valence-corrected chi connectivity index (χ1v) is 15.6. The molecule has 2 aliphatic carbocycles. The third-order valence-corrected chi connectivity index (χ3v) is 9.08. The maximum Gasteiger partial charge on any atom is 0.341 e. The molecule has 1 atom stereocenters. The van der Waals surface area contributed by atoms with Gasteiger partial charge in [-0.25, -0.2) is 26.7 Å². The van der Waals surface area contributed by atoms with Crippen LogP contribution in [0.4, 0.5) is 26.3 Å². The largest absolute Gasteiger partial charge is 0.491 e. The minimum atomic E-state index is -1.47. The number of ether oxygens (including phenoxy) is 2. The SMILES string of the molecule is CCCc1ccc(-c2ccc(C(=O)OC3CCC(C4CC=C(c5ccc(OCC)c(F)c5F)CC4)CC3)c(F)c2F)c(F)c1F. The highest BCUT2D eigenvalue weighted by molar-refractivity contribution is 5.90. The Morgan fingerprint density at radius 1 is 0.711 bits per heavy atom. The highest BCUT2D eigenvalue weighted by Gasteiger charge is 2.32. The van der Waals surface area contributed by atoms with E-state index in [2.05, 4.69) is 0 Å². The first-order valence-electron chi connectivity index (χ1n) is 15.6. The Bertz CT molecular complexity index is 1590. The number of rotatable bonds is 9. The van der Waals surface area contributed by atoms with Crippen molar-refractivity contribution in [2.75, 3.05) is 6.61 Å². The van der Waals surface area contributed by atoms with Gasteiger partial charge in [0.1, 0.15) is 6.10 Å². The number of aryl methyl sites for hydroxylation is 1. The monoisotopic (exact) mass is 630 g/mol. The Morgan fingerprint density at radius 2 is 1.36 bits per heavy atom. The number of carbonyl (C=O) groups is 1. The molecule has 2 aliphatic rings. The quantitative estimate of drug-likeness (QED) is 0.174. The molecule has 0 amide bonds. The highest BCUT2D eigenvalue weighted by atomic mass is 19.2. The number of benzene rings is 3. The van der Waals surface area contributed by atoms with Gasteiger partial charge in [0.15, 0.2) is 34.8 Å². The van der Waals surface area contributed by atoms with Crippen molar-refractivity contribution in [2.24, 2.45) is 11.8 Å². The van der Waals surface area contributed by atoms with Gasteiger partial charge in [-0.1, -0.05) is 37.6 Å². The molecule has 1 unspecified atom stereocenters. The van der Waals surface area contributed by atoms with Crippen molar-refractivity contribution in [2.45, 2.75) is 77.7 Å². The number of hydrogen-bond donors (Lipinski definition) is 0. The van der Waals surface area contributed by atoms with E-state index in [9.17, 15) is 26.7 Å². The Hall–Kier alpha value is -3.75. The molecular formula is C36H36F6O3. The standard InChI is InChI=1S/C36H36F6O3/c1-3-5-23-12-15-26(32(39)30(23)37)27-16-17-28(34(41)33(27)40)36(43)45-24-13-10-21(11-14-24)20-6-8-22(9-7-20)25-18-19-29(44-4-2)35(42)31(25)38/h8,12,15-21,24H,3-7,9-11,13-14H2,1-2H3. The van der Waals surface area contributed by atoms with Gasteiger partial charge in [-0.3, -0.25) is 0 Å². The Kier molecular flexibility index (Phi) is 10.2. The Balaban J connectivity index is 1.18. The second kappa shape index (κ2) is 14.1. The van der Waals surface area contributed by atoms with Crippen LogP contribution in [-0.4, -0.2) is 18.7 Å². The van der Waals surface area contributed by atoms with Crippen LogP contribution >= 0.6 is 0 Å². The number of esters is 1. The van der Waals surface area contributed by atoms with Crippen LogP contribution < -0.4 is 4.74 Å². The van der Waals surface area contributed by atoms with E-state index >= 15 is 4.39 Å². The molecule has 5 rings (SSSR count). The topological polar surface area (TPSA) is 35.5 Å². The minimum absolute atomic E-state index is 0.101. The molecule has 1 saturated carbocycles. The molecule has 3 nitrogen and oxygen atoms in total. The van der Waals surface area contributed by atoms with E-state index in [0.29, 0.717) is 43.9 Å². The van der Waals surface area contributed by atoms with Crippen LogP contribution in [0.3, 0.4) is 0 Å². The van der Waals surface area contributed by atoms with Gasteiger partial charge >= 0.3 is 5.97 Å². The van der Waals surface area contributed by atoms with Gasteiger partial charge < -0.3 is 9.47 Å². The lowest BCUT2D eigenvalue weighted by atomic mass is 9.72. The van der Waals surface area contributed by atoms with Crippen molar-refractivity contribution in [1.29, 1.82) is 0 Å². The van der Waals surface area contributed by atoms with E-state index in [1.807, 2.05) is 13.0 Å². The van der Waals surface area contributed by atoms with E-state index in [4.69, 9.17) is 9.47 Å². The van der Waals surface area contributed by atoms with E-state index in [1.54, 1.807) is 13.0 Å². The van der Waals surface area contributed by atoms with Gasteiger partial charge in [0.25, 0.3) is 0 Å². The number of carbonyl (C=O) groups excluding carboxylic acids is 1. The fourth-order valence-electron chi connectivity index (χ4n) is 6.64. The van der Waals surface area contributed by atoms with Crippen molar-refractivity contribution in [3.05, 3.63) is 94.1 Å². The van der Waals surface area contributed by atoms with E-state index in [-0.39, 0.29) is 23.5 Å². The van der Waals surface area contributed by atoms with E-state index in [1.165, 1.54) is 18.2 Å². The van der Waals surface area contributed by atoms with Gasteiger partial charge in [-0.15, -0.1) is 0 Å². The van der Waals surface area contributed by atoms with Crippen LogP contribution in [0.15, 0.2) is 42.5 Å². The highest BCUT2D eigenvalue weighted by Crippen LogP contribution is 2.42. The van der Waals surface area contributed by atoms with Crippen LogP contribution in [0.1, 0.15) is 86.7 Å². The maximum atomic E-state index is 15.0. The zero-order chi connectivity index (χ0) is 32.2. The predicted molar refractivity (Wildman–Crippen MR) is 160 cm³/mol. The minimum Gasteiger partial charge on any atom is -0.491 e. The summed E-state index contributed by atoms with van der Waals surface area (Å²) in [7, 11) is 0. The summed E-state index contributed by atoms with van der Waals surface area (Å²) in [6.07, 6.45) is 7.20. The second-order valence-electron chi connectivity index (χ2n) is 11.8. The lowest BCUT2D eigenvalue weighted by Gasteiger charge is -2.35. The average Bonchev–Trinajstić information content (AvgIpc) is 3.04. The van der Waals surface area contributed by atoms with Crippen molar-refractivity contribution in [1.82, 2.24) is 0 Å². The molecule has 1 fully saturated rings. The van der Waals surface area contributed by atoms with Crippen LogP contribution in [-0.2, 0) is 11.2 Å². The first kappa shape index (κ1) is 32.6. The molecule has 0 aliphatic heterocycles. The first-order chi connectivity index (χ1) is 21.6. The molecule has 0 heterocycles. The van der Waals surface area contributed by atoms with Crippen LogP contribution in [0, 0.1) is 46.7 Å². The van der Waals surface area contributed by atoms with Gasteiger partial charge in [-0.2, -0.15) is 4.39 Å². The molecule has 0 aromatic heterocycles. The van der Waals surface area contributed by atoms with E-state index < -0.39 is 63.7 Å². The maximum absolute atomic E-state index is 15.0. The molecule has 0 bridgehead atoms. The molecule has 0 spiro atoms. The summed E-state index contributed by atoms with van der Waals surface area (Å²) in [5.74, 6) is -7.59. The zero-order valence-electron chi connectivity index (χ0n) is 25.3. The van der Waals surface area contributed by atoms with Gasteiger partial charge in [0.05, 0.1) is 12.2 Å². The molecular weight excluding hydrogens is 594 g/mol. The molecule has 3 aromatic carbocycles. The Labute approximate surface area is 259 Å². The third-order valence-electron chi connectivity index (χ3n) is 9.08. The molecule has 0 saturated heterocycles. The third kappa shape index (κ3) is 6.77. The van der Waals surface area contributed by atoms with E-state index in [0.717, 1.165) is 43.4 Å². The Morgan fingerprint density at radius 3 is 2.00 bits per heavy atom. The van der Waals surface area contributed by atoms with Crippen LogP contribution in [0.5, 0.6) is 5.75 Å². The summed E-state index contributed by atoms with van der Waals surface area (Å²) in [5.41, 5.74) is -0.341. The summed E-state index contributed by atoms with van der Waals surface area (Å²) in [4.78, 5) is 12.8. The lowest BCUT2D eigenvalue weighted by molar-refractivity contribution is 0.0123. The van der Waals surface area contributed by atoms with Crippen molar-refractivity contribution in [3.63, 3.8) is 0 Å². The zero-order valence-corrected chi connectivity index (χ0v) is 25.3. The smallest absolute Gasteiger partial charge is 0.341 e. The summed E-state index contributed by atoms with van der Waals surface area (Å²) in [6.45, 7) is 3.76. The summed E-state index contributed by atoms with van der Waals surface area (Å²) < 4.78 is 98.9. The van der Waals surface area contributed by atoms with Gasteiger partial charge in [0.2, 0.25) is 5.82 Å². The number of allylic oxidation sites excluding steroid dienone is 2. The molecule has 45 heavy (non-hydrogen) atoms. The normalized spacial score (nSPS) is 20.1. The fourth-order valence-corrected chi connectivity index (χ4v) is 6.64. The molecule has 3 aromatic rings. The summed E-state index contributed by atoms with van der Waals surface area (Å²) in [6, 6.07) is 7.65.